The van der Waals surface area contributed by atoms with Crippen LogP contribution in [-0.4, -0.2) is 33.5 Å². The Morgan fingerprint density at radius 1 is 1.04 bits per heavy atom. The van der Waals surface area contributed by atoms with Gasteiger partial charge in [0.15, 0.2) is 0 Å². The highest BCUT2D eigenvalue weighted by atomic mass is 35.5. The fraction of sp³-hybridized carbons (Fsp3) is 0.294. The first-order valence-corrected chi connectivity index (χ1v) is 9.71. The molecule has 25 heavy (non-hydrogen) atoms. The minimum absolute atomic E-state index is 0.0560. The van der Waals surface area contributed by atoms with Crippen molar-refractivity contribution in [2.45, 2.75) is 18.4 Å². The zero-order valence-corrected chi connectivity index (χ0v) is 16.5. The van der Waals surface area contributed by atoms with Crippen LogP contribution in [0, 0.1) is 0 Å². The van der Waals surface area contributed by atoms with Crippen molar-refractivity contribution in [2.24, 2.45) is 0 Å². The first kappa shape index (κ1) is 19.8. The van der Waals surface area contributed by atoms with E-state index < -0.39 is 10.0 Å². The van der Waals surface area contributed by atoms with E-state index in [9.17, 15) is 8.42 Å². The third-order valence-electron chi connectivity index (χ3n) is 3.56. The molecule has 0 fully saturated rings. The zero-order chi connectivity index (χ0) is 18.6. The summed E-state index contributed by atoms with van der Waals surface area (Å²) in [6.45, 7) is 2.66. The lowest BCUT2D eigenvalue weighted by molar-refractivity contribution is 0.340. The summed E-state index contributed by atoms with van der Waals surface area (Å²) in [7, 11) is -0.885. The molecule has 5 nitrogen and oxygen atoms in total. The Balaban J connectivity index is 2.25. The molecule has 0 saturated heterocycles. The summed E-state index contributed by atoms with van der Waals surface area (Å²) in [5.41, 5.74) is 0.824. The van der Waals surface area contributed by atoms with Crippen molar-refractivity contribution in [1.29, 1.82) is 0 Å². The number of hydrogen-bond acceptors (Lipinski definition) is 4. The predicted molar refractivity (Wildman–Crippen MR) is 99.3 cm³/mol. The Labute approximate surface area is 158 Å². The molecule has 0 unspecified atom stereocenters. The number of methoxy groups -OCH3 is 1. The van der Waals surface area contributed by atoms with Gasteiger partial charge in [-0.15, -0.1) is 0 Å². The third-order valence-corrected chi connectivity index (χ3v) is 6.38. The first-order valence-electron chi connectivity index (χ1n) is 7.51. The maximum atomic E-state index is 12.8. The van der Waals surface area contributed by atoms with Crippen molar-refractivity contribution in [1.82, 2.24) is 4.31 Å². The molecule has 136 valence electrons. The summed E-state index contributed by atoms with van der Waals surface area (Å²) in [5, 5.41) is 0.0132. The van der Waals surface area contributed by atoms with Gasteiger partial charge in [0.05, 0.1) is 18.7 Å². The monoisotopic (exact) mass is 403 g/mol. The smallest absolute Gasteiger partial charge is 0.244 e. The van der Waals surface area contributed by atoms with Crippen LogP contribution in [-0.2, 0) is 16.6 Å². The Morgan fingerprint density at radius 2 is 1.68 bits per heavy atom. The maximum Gasteiger partial charge on any atom is 0.244 e. The third kappa shape index (κ3) is 4.39. The van der Waals surface area contributed by atoms with Crippen LogP contribution in [0.4, 0.5) is 0 Å². The molecule has 0 spiro atoms. The van der Waals surface area contributed by atoms with Gasteiger partial charge < -0.3 is 9.47 Å². The van der Waals surface area contributed by atoms with E-state index in [1.807, 2.05) is 19.1 Å². The van der Waals surface area contributed by atoms with Gasteiger partial charge in [-0.25, -0.2) is 8.42 Å². The lowest BCUT2D eigenvalue weighted by atomic mass is 10.2. The van der Waals surface area contributed by atoms with Crippen molar-refractivity contribution in [3.8, 4) is 11.5 Å². The van der Waals surface area contributed by atoms with Gasteiger partial charge in [-0.1, -0.05) is 35.3 Å². The molecule has 8 heteroatoms. The van der Waals surface area contributed by atoms with E-state index >= 15 is 0 Å². The average Bonchev–Trinajstić information content (AvgIpc) is 2.59. The Morgan fingerprint density at radius 3 is 2.24 bits per heavy atom. The van der Waals surface area contributed by atoms with E-state index in [0.717, 1.165) is 11.3 Å². The lowest BCUT2D eigenvalue weighted by Crippen LogP contribution is -2.26. The van der Waals surface area contributed by atoms with Crippen molar-refractivity contribution < 1.29 is 17.9 Å². The van der Waals surface area contributed by atoms with Gasteiger partial charge in [0.25, 0.3) is 0 Å². The van der Waals surface area contributed by atoms with Crippen molar-refractivity contribution in [3.63, 3.8) is 0 Å². The number of nitrogens with zero attached hydrogens (tertiary/aromatic N) is 1. The quantitative estimate of drug-likeness (QED) is 0.694. The number of sulfonamides is 1. The van der Waals surface area contributed by atoms with Crippen LogP contribution in [0.15, 0.2) is 41.3 Å². The topological polar surface area (TPSA) is 55.8 Å². The Bertz CT molecular complexity index is 838. The van der Waals surface area contributed by atoms with E-state index in [-0.39, 0.29) is 21.5 Å². The van der Waals surface area contributed by atoms with E-state index in [1.165, 1.54) is 30.6 Å². The van der Waals surface area contributed by atoms with Crippen molar-refractivity contribution in [3.05, 3.63) is 52.0 Å². The second-order valence-corrected chi connectivity index (χ2v) is 8.00. The second-order valence-electron chi connectivity index (χ2n) is 5.23. The number of benzene rings is 2. The molecule has 0 saturated carbocycles. The molecule has 0 aliphatic rings. The van der Waals surface area contributed by atoms with E-state index in [2.05, 4.69) is 0 Å². The first-order chi connectivity index (χ1) is 11.8. The van der Waals surface area contributed by atoms with Crippen LogP contribution in [0.3, 0.4) is 0 Å². The Hall–Kier alpha value is -1.47. The lowest BCUT2D eigenvalue weighted by Gasteiger charge is -2.19. The number of halogens is 2. The summed E-state index contributed by atoms with van der Waals surface area (Å²) in [6.07, 6.45) is 0. The summed E-state index contributed by atoms with van der Waals surface area (Å²) < 4.78 is 37.2. The summed E-state index contributed by atoms with van der Waals surface area (Å²) in [4.78, 5) is -0.0617. The van der Waals surface area contributed by atoms with Crippen LogP contribution < -0.4 is 9.47 Å². The molecule has 0 aromatic heterocycles. The van der Waals surface area contributed by atoms with Gasteiger partial charge in [-0.3, -0.25) is 0 Å². The molecule has 2 aromatic carbocycles. The highest BCUT2D eigenvalue weighted by molar-refractivity contribution is 7.89. The summed E-state index contributed by atoms with van der Waals surface area (Å²) in [6, 6.07) is 10.1. The molecule has 0 atom stereocenters. The molecular weight excluding hydrogens is 385 g/mol. The van der Waals surface area contributed by atoms with Crippen LogP contribution >= 0.6 is 23.2 Å². The second kappa shape index (κ2) is 8.27. The largest absolute Gasteiger partial charge is 0.495 e. The summed E-state index contributed by atoms with van der Waals surface area (Å²) in [5.74, 6) is 1.06. The van der Waals surface area contributed by atoms with Crippen molar-refractivity contribution >= 4 is 33.2 Å². The predicted octanol–water partition coefficient (Wildman–Crippen LogP) is 4.22. The van der Waals surface area contributed by atoms with Crippen LogP contribution in [0.1, 0.15) is 12.5 Å². The normalized spacial score (nSPS) is 11.6. The summed E-state index contributed by atoms with van der Waals surface area (Å²) >= 11 is 12.2. The number of hydrogen-bond donors (Lipinski definition) is 0. The molecule has 2 rings (SSSR count). The molecule has 0 N–H and O–H groups in total. The average molecular weight is 404 g/mol. The SMILES string of the molecule is CCOc1ccc(CN(C)S(=O)(=O)c2ccc(OC)c(Cl)c2Cl)cc1. The minimum atomic E-state index is -3.81. The van der Waals surface area contributed by atoms with Gasteiger partial charge in [-0.2, -0.15) is 4.31 Å². The number of ether oxygens (including phenoxy) is 2. The molecule has 0 aliphatic carbocycles. The van der Waals surface area contributed by atoms with Crippen LogP contribution in [0.2, 0.25) is 10.0 Å². The highest BCUT2D eigenvalue weighted by Crippen LogP contribution is 2.37. The molecule has 0 amide bonds. The highest BCUT2D eigenvalue weighted by Gasteiger charge is 2.26. The van der Waals surface area contributed by atoms with E-state index in [4.69, 9.17) is 32.7 Å². The fourth-order valence-corrected chi connectivity index (χ4v) is 4.21. The van der Waals surface area contributed by atoms with Crippen LogP contribution in [0.25, 0.3) is 0 Å². The molecule has 2 aromatic rings. The van der Waals surface area contributed by atoms with Gasteiger partial charge in [0.1, 0.15) is 21.4 Å². The van der Waals surface area contributed by atoms with E-state index in [0.29, 0.717) is 12.4 Å². The van der Waals surface area contributed by atoms with Gasteiger partial charge in [-0.05, 0) is 36.8 Å². The van der Waals surface area contributed by atoms with Gasteiger partial charge in [0.2, 0.25) is 10.0 Å². The number of rotatable bonds is 7. The molecular formula is C17H19Cl2NO4S. The van der Waals surface area contributed by atoms with Gasteiger partial charge in [0, 0.05) is 13.6 Å². The van der Waals surface area contributed by atoms with Crippen LogP contribution in [0.5, 0.6) is 11.5 Å². The van der Waals surface area contributed by atoms with Gasteiger partial charge >= 0.3 is 0 Å². The fourth-order valence-electron chi connectivity index (χ4n) is 2.24. The van der Waals surface area contributed by atoms with Crippen molar-refractivity contribution in [2.75, 3.05) is 20.8 Å². The standard InChI is InChI=1S/C17H19Cl2NO4S/c1-4-24-13-7-5-12(6-8-13)11-20(2)25(21,22)15-10-9-14(23-3)16(18)17(15)19/h5-10H,4,11H2,1-3H3. The van der Waals surface area contributed by atoms with E-state index in [1.54, 1.807) is 12.1 Å². The molecule has 0 bridgehead atoms. The maximum absolute atomic E-state index is 12.8. The minimum Gasteiger partial charge on any atom is -0.495 e. The molecule has 0 aliphatic heterocycles. The Kier molecular flexibility index (Phi) is 6.57. The molecule has 0 radical (unpaired) electrons. The zero-order valence-electron chi connectivity index (χ0n) is 14.1. The molecule has 0 heterocycles.